The van der Waals surface area contributed by atoms with Crippen LogP contribution in [-0.4, -0.2) is 34.1 Å². The van der Waals surface area contributed by atoms with E-state index in [-0.39, 0.29) is 5.75 Å². The van der Waals surface area contributed by atoms with Gasteiger partial charge in [-0.05, 0) is 76.6 Å². The first-order valence-electron chi connectivity index (χ1n) is 10.3. The molecular weight excluding hydrogens is 340 g/mol. The smallest absolute Gasteiger partial charge is 0.132 e. The molecule has 0 spiro atoms. The Hall–Kier alpha value is -1.52. The fraction of sp³-hybridized carbons (Fsp3) is 0.652. The van der Waals surface area contributed by atoms with E-state index in [2.05, 4.69) is 26.8 Å². The second-order valence-electron chi connectivity index (χ2n) is 8.64. The SMILES string of the molecule is CCCCCc1cc(O)c2c(c1)OC(C)(C)C1=C2[C@@H](OCC)[C@](C)(O)CC1. The van der Waals surface area contributed by atoms with Gasteiger partial charge in [0.15, 0.2) is 0 Å². The van der Waals surface area contributed by atoms with Crippen LogP contribution in [0.3, 0.4) is 0 Å². The molecule has 4 heteroatoms. The minimum atomic E-state index is -0.966. The van der Waals surface area contributed by atoms with Gasteiger partial charge in [0.25, 0.3) is 0 Å². The molecule has 3 rings (SSSR count). The summed E-state index contributed by atoms with van der Waals surface area (Å²) in [6, 6.07) is 3.91. The third kappa shape index (κ3) is 3.74. The van der Waals surface area contributed by atoms with Gasteiger partial charge in [0.05, 0.1) is 11.2 Å². The van der Waals surface area contributed by atoms with Crippen LogP contribution in [0.1, 0.15) is 77.8 Å². The fourth-order valence-corrected chi connectivity index (χ4v) is 4.52. The zero-order chi connectivity index (χ0) is 19.8. The molecule has 0 radical (unpaired) electrons. The second kappa shape index (κ2) is 7.48. The molecule has 0 saturated heterocycles. The lowest BCUT2D eigenvalue weighted by atomic mass is 9.70. The van der Waals surface area contributed by atoms with Crippen LogP contribution in [0.15, 0.2) is 17.7 Å². The van der Waals surface area contributed by atoms with Gasteiger partial charge in [-0.2, -0.15) is 0 Å². The van der Waals surface area contributed by atoms with E-state index in [0.29, 0.717) is 24.3 Å². The molecule has 0 fully saturated rings. The lowest BCUT2D eigenvalue weighted by Crippen LogP contribution is -2.49. The number of benzene rings is 1. The van der Waals surface area contributed by atoms with E-state index < -0.39 is 17.3 Å². The first-order valence-corrected chi connectivity index (χ1v) is 10.3. The number of phenols is 1. The summed E-state index contributed by atoms with van der Waals surface area (Å²) in [6.45, 7) is 10.6. The van der Waals surface area contributed by atoms with Crippen LogP contribution in [0, 0.1) is 0 Å². The molecule has 0 bridgehead atoms. The van der Waals surface area contributed by atoms with Gasteiger partial charge in [-0.25, -0.2) is 0 Å². The number of hydrogen-bond acceptors (Lipinski definition) is 4. The molecule has 2 aliphatic rings. The Labute approximate surface area is 163 Å². The molecule has 1 aliphatic heterocycles. The maximum Gasteiger partial charge on any atom is 0.132 e. The number of hydrogen-bond donors (Lipinski definition) is 2. The van der Waals surface area contributed by atoms with Crippen molar-refractivity contribution in [1.82, 2.24) is 0 Å². The zero-order valence-corrected chi connectivity index (χ0v) is 17.4. The molecule has 0 aromatic heterocycles. The summed E-state index contributed by atoms with van der Waals surface area (Å²) in [4.78, 5) is 0. The lowest BCUT2D eigenvalue weighted by molar-refractivity contribution is -0.0786. The molecule has 27 heavy (non-hydrogen) atoms. The minimum absolute atomic E-state index is 0.226. The van der Waals surface area contributed by atoms with Crippen LogP contribution in [0.5, 0.6) is 11.5 Å². The van der Waals surface area contributed by atoms with Gasteiger partial charge in [0.2, 0.25) is 0 Å². The molecule has 0 amide bonds. The number of aliphatic hydroxyl groups is 1. The fourth-order valence-electron chi connectivity index (χ4n) is 4.52. The zero-order valence-electron chi connectivity index (χ0n) is 17.4. The van der Waals surface area contributed by atoms with Crippen molar-refractivity contribution in [2.24, 2.45) is 0 Å². The maximum absolute atomic E-state index is 11.0. The summed E-state index contributed by atoms with van der Waals surface area (Å²) < 4.78 is 12.4. The Kier molecular flexibility index (Phi) is 5.60. The Bertz CT molecular complexity index is 730. The largest absolute Gasteiger partial charge is 0.507 e. The summed E-state index contributed by atoms with van der Waals surface area (Å²) in [5.41, 5.74) is 2.37. The van der Waals surface area contributed by atoms with Gasteiger partial charge < -0.3 is 19.7 Å². The average Bonchev–Trinajstić information content (AvgIpc) is 2.56. The normalized spacial score (nSPS) is 26.4. The summed E-state index contributed by atoms with van der Waals surface area (Å²) in [6.07, 6.45) is 5.26. The molecular formula is C23H34O4. The summed E-state index contributed by atoms with van der Waals surface area (Å²) in [5.74, 6) is 0.928. The highest BCUT2D eigenvalue weighted by Crippen LogP contribution is 2.53. The number of fused-ring (bicyclic) bond motifs is 2. The maximum atomic E-state index is 11.0. The first-order chi connectivity index (χ1) is 12.7. The first kappa shape index (κ1) is 20.2. The Morgan fingerprint density at radius 1 is 1.19 bits per heavy atom. The Balaban J connectivity index is 2.11. The summed E-state index contributed by atoms with van der Waals surface area (Å²) >= 11 is 0. The van der Waals surface area contributed by atoms with Gasteiger partial charge >= 0.3 is 0 Å². The van der Waals surface area contributed by atoms with Gasteiger partial charge in [-0.1, -0.05) is 19.8 Å². The van der Waals surface area contributed by atoms with E-state index in [1.807, 2.05) is 19.9 Å². The van der Waals surface area contributed by atoms with Crippen LogP contribution in [0.25, 0.3) is 5.57 Å². The van der Waals surface area contributed by atoms with Gasteiger partial charge in [0, 0.05) is 12.2 Å². The quantitative estimate of drug-likeness (QED) is 0.688. The third-order valence-electron chi connectivity index (χ3n) is 5.94. The number of rotatable bonds is 6. The predicted octanol–water partition coefficient (Wildman–Crippen LogP) is 5.00. The topological polar surface area (TPSA) is 58.9 Å². The Morgan fingerprint density at radius 3 is 2.59 bits per heavy atom. The molecule has 0 unspecified atom stereocenters. The van der Waals surface area contributed by atoms with Gasteiger partial charge in [-0.3, -0.25) is 0 Å². The minimum Gasteiger partial charge on any atom is -0.507 e. The second-order valence-corrected chi connectivity index (χ2v) is 8.64. The predicted molar refractivity (Wildman–Crippen MR) is 108 cm³/mol. The third-order valence-corrected chi connectivity index (χ3v) is 5.94. The van der Waals surface area contributed by atoms with Crippen molar-refractivity contribution in [2.75, 3.05) is 6.61 Å². The molecule has 1 heterocycles. The molecule has 1 aromatic rings. The van der Waals surface area contributed by atoms with Gasteiger partial charge in [0.1, 0.15) is 23.2 Å². The number of phenolic OH excluding ortho intramolecular Hbond substituents is 1. The Morgan fingerprint density at radius 2 is 1.93 bits per heavy atom. The van der Waals surface area contributed by atoms with E-state index in [0.717, 1.165) is 36.0 Å². The van der Waals surface area contributed by atoms with Crippen molar-refractivity contribution in [3.05, 3.63) is 28.8 Å². The molecule has 150 valence electrons. The molecule has 2 atom stereocenters. The van der Waals surface area contributed by atoms with Crippen molar-refractivity contribution < 1.29 is 19.7 Å². The van der Waals surface area contributed by atoms with E-state index in [4.69, 9.17) is 9.47 Å². The van der Waals surface area contributed by atoms with Crippen molar-refractivity contribution in [3.8, 4) is 11.5 Å². The van der Waals surface area contributed by atoms with Crippen molar-refractivity contribution >= 4 is 5.57 Å². The molecule has 4 nitrogen and oxygen atoms in total. The number of ether oxygens (including phenoxy) is 2. The summed E-state index contributed by atoms with van der Waals surface area (Å²) in [5, 5.41) is 21.9. The van der Waals surface area contributed by atoms with E-state index >= 15 is 0 Å². The molecule has 2 N–H and O–H groups in total. The average molecular weight is 375 g/mol. The number of aryl methyl sites for hydroxylation is 1. The molecule has 1 aliphatic carbocycles. The summed E-state index contributed by atoms with van der Waals surface area (Å²) in [7, 11) is 0. The van der Waals surface area contributed by atoms with Crippen LogP contribution >= 0.6 is 0 Å². The highest BCUT2D eigenvalue weighted by atomic mass is 16.5. The van der Waals surface area contributed by atoms with Crippen LogP contribution in [0.4, 0.5) is 0 Å². The van der Waals surface area contributed by atoms with E-state index in [1.165, 1.54) is 12.8 Å². The van der Waals surface area contributed by atoms with Crippen molar-refractivity contribution in [1.29, 1.82) is 0 Å². The van der Waals surface area contributed by atoms with E-state index in [1.54, 1.807) is 0 Å². The number of unbranched alkanes of at least 4 members (excludes halogenated alkanes) is 2. The van der Waals surface area contributed by atoms with Gasteiger partial charge in [-0.15, -0.1) is 0 Å². The highest BCUT2D eigenvalue weighted by molar-refractivity contribution is 5.84. The monoisotopic (exact) mass is 374 g/mol. The number of aromatic hydroxyl groups is 1. The van der Waals surface area contributed by atoms with Crippen LogP contribution in [-0.2, 0) is 11.2 Å². The van der Waals surface area contributed by atoms with Crippen molar-refractivity contribution in [2.45, 2.75) is 90.4 Å². The van der Waals surface area contributed by atoms with Crippen LogP contribution in [0.2, 0.25) is 0 Å². The highest BCUT2D eigenvalue weighted by Gasteiger charge is 2.48. The van der Waals surface area contributed by atoms with E-state index in [9.17, 15) is 10.2 Å². The standard InChI is InChI=1S/C23H34O4/c1-6-8-9-10-15-13-17(24)20-18(14-15)27-22(3,4)16-11-12-23(5,25)21(19(16)20)26-7-2/h13-14,21,24-25H,6-12H2,1-5H3/t21-,23-/m1/s1. The molecule has 0 saturated carbocycles. The molecule has 1 aromatic carbocycles. The van der Waals surface area contributed by atoms with Crippen molar-refractivity contribution in [3.63, 3.8) is 0 Å². The lowest BCUT2D eigenvalue weighted by Gasteiger charge is -2.47. The van der Waals surface area contributed by atoms with Crippen LogP contribution < -0.4 is 4.74 Å².